The van der Waals surface area contributed by atoms with Gasteiger partial charge in [0.2, 0.25) is 0 Å². The first-order valence-corrected chi connectivity index (χ1v) is 9.52. The van der Waals surface area contributed by atoms with Crippen molar-refractivity contribution in [3.05, 3.63) is 63.2 Å². The summed E-state index contributed by atoms with van der Waals surface area (Å²) in [6, 6.07) is 13.2. The van der Waals surface area contributed by atoms with E-state index in [0.29, 0.717) is 15.4 Å². The van der Waals surface area contributed by atoms with Gasteiger partial charge in [0.1, 0.15) is 10.6 Å². The Bertz CT molecular complexity index is 883. The van der Waals surface area contributed by atoms with Crippen LogP contribution in [0.25, 0.3) is 11.1 Å². The van der Waals surface area contributed by atoms with Crippen molar-refractivity contribution in [2.24, 2.45) is 0 Å². The number of hydrogen-bond donors (Lipinski definition) is 1. The molecular formula is C19H17NO3S2. The van der Waals surface area contributed by atoms with E-state index in [9.17, 15) is 9.59 Å². The van der Waals surface area contributed by atoms with Crippen molar-refractivity contribution in [1.82, 2.24) is 0 Å². The summed E-state index contributed by atoms with van der Waals surface area (Å²) in [7, 11) is 0. The number of aryl methyl sites for hydroxylation is 1. The molecule has 0 atom stereocenters. The lowest BCUT2D eigenvalue weighted by molar-refractivity contribution is 0.0529. The maximum atomic E-state index is 12.6. The molecule has 0 aliphatic rings. The molecule has 3 rings (SSSR count). The molecule has 4 nitrogen and oxygen atoms in total. The van der Waals surface area contributed by atoms with Gasteiger partial charge < -0.3 is 10.1 Å². The minimum absolute atomic E-state index is 0.221. The second kappa shape index (κ2) is 7.63. The molecule has 0 fully saturated rings. The first-order valence-electron chi connectivity index (χ1n) is 7.82. The van der Waals surface area contributed by atoms with E-state index in [1.165, 1.54) is 22.7 Å². The van der Waals surface area contributed by atoms with Crippen LogP contribution < -0.4 is 5.32 Å². The number of carbonyl (C=O) groups excluding carboxylic acids is 2. The standard InChI is InChI=1S/C19H17NO3S2/c1-3-23-19(22)16-15(13-8-5-4-6-9-13)12(2)25-18(16)20-17(21)14-10-7-11-24-14/h4-11H,3H2,1-2H3,(H,20,21). The van der Waals surface area contributed by atoms with E-state index < -0.39 is 5.97 Å². The fourth-order valence-electron chi connectivity index (χ4n) is 2.56. The van der Waals surface area contributed by atoms with Crippen molar-refractivity contribution in [2.45, 2.75) is 13.8 Å². The monoisotopic (exact) mass is 371 g/mol. The lowest BCUT2D eigenvalue weighted by atomic mass is 10.0. The quantitative estimate of drug-likeness (QED) is 0.626. The first-order chi connectivity index (χ1) is 12.1. The molecule has 1 N–H and O–H groups in total. The number of esters is 1. The third-order valence-corrected chi connectivity index (χ3v) is 5.49. The van der Waals surface area contributed by atoms with Crippen LogP contribution in [0.2, 0.25) is 0 Å². The maximum Gasteiger partial charge on any atom is 0.341 e. The highest BCUT2D eigenvalue weighted by Crippen LogP contribution is 2.40. The summed E-state index contributed by atoms with van der Waals surface area (Å²) in [5, 5.41) is 5.24. The molecule has 0 spiro atoms. The number of thiophene rings is 2. The van der Waals surface area contributed by atoms with Crippen LogP contribution in [0, 0.1) is 6.92 Å². The minimum Gasteiger partial charge on any atom is -0.462 e. The Labute approximate surface area is 154 Å². The SMILES string of the molecule is CCOC(=O)c1c(NC(=O)c2cccs2)sc(C)c1-c1ccccc1. The average molecular weight is 371 g/mol. The Morgan fingerprint density at radius 1 is 1.12 bits per heavy atom. The van der Waals surface area contributed by atoms with E-state index in [0.717, 1.165) is 16.0 Å². The third-order valence-electron chi connectivity index (χ3n) is 3.60. The highest BCUT2D eigenvalue weighted by molar-refractivity contribution is 7.17. The number of carbonyl (C=O) groups is 2. The van der Waals surface area contributed by atoms with E-state index >= 15 is 0 Å². The van der Waals surface area contributed by atoms with Gasteiger partial charge in [0, 0.05) is 10.4 Å². The molecule has 0 saturated heterocycles. The summed E-state index contributed by atoms with van der Waals surface area (Å²) < 4.78 is 5.24. The Morgan fingerprint density at radius 3 is 2.52 bits per heavy atom. The number of hydrogen-bond acceptors (Lipinski definition) is 5. The molecule has 0 bridgehead atoms. The molecule has 2 aromatic heterocycles. The second-order valence-electron chi connectivity index (χ2n) is 5.26. The second-order valence-corrected chi connectivity index (χ2v) is 7.43. The molecule has 1 aromatic carbocycles. The van der Waals surface area contributed by atoms with Gasteiger partial charge >= 0.3 is 5.97 Å². The predicted molar refractivity (Wildman–Crippen MR) is 103 cm³/mol. The Morgan fingerprint density at radius 2 is 1.88 bits per heavy atom. The zero-order valence-corrected chi connectivity index (χ0v) is 15.5. The van der Waals surface area contributed by atoms with Gasteiger partial charge in [0.15, 0.2) is 0 Å². The maximum absolute atomic E-state index is 12.6. The number of nitrogens with one attached hydrogen (secondary N) is 1. The van der Waals surface area contributed by atoms with Crippen LogP contribution in [0.15, 0.2) is 47.8 Å². The summed E-state index contributed by atoms with van der Waals surface area (Å²) in [6.45, 7) is 3.99. The van der Waals surface area contributed by atoms with Gasteiger partial charge in [-0.1, -0.05) is 36.4 Å². The summed E-state index contributed by atoms with van der Waals surface area (Å²) >= 11 is 2.75. The van der Waals surface area contributed by atoms with E-state index in [1.54, 1.807) is 13.0 Å². The smallest absolute Gasteiger partial charge is 0.341 e. The fraction of sp³-hybridized carbons (Fsp3) is 0.158. The highest BCUT2D eigenvalue weighted by Gasteiger charge is 2.25. The molecule has 2 heterocycles. The van der Waals surface area contributed by atoms with Crippen LogP contribution in [0.1, 0.15) is 31.8 Å². The van der Waals surface area contributed by atoms with E-state index in [-0.39, 0.29) is 12.5 Å². The average Bonchev–Trinajstić information content (AvgIpc) is 3.24. The van der Waals surface area contributed by atoms with Crippen LogP contribution in [0.3, 0.4) is 0 Å². The molecule has 25 heavy (non-hydrogen) atoms. The van der Waals surface area contributed by atoms with Crippen LogP contribution in [-0.2, 0) is 4.74 Å². The van der Waals surface area contributed by atoms with Crippen molar-refractivity contribution in [3.63, 3.8) is 0 Å². The zero-order valence-electron chi connectivity index (χ0n) is 13.9. The molecule has 0 aliphatic carbocycles. The molecule has 0 radical (unpaired) electrons. The molecular weight excluding hydrogens is 354 g/mol. The van der Waals surface area contributed by atoms with Crippen molar-refractivity contribution >= 4 is 39.6 Å². The number of anilines is 1. The lowest BCUT2D eigenvalue weighted by Crippen LogP contribution is -2.13. The fourth-order valence-corrected chi connectivity index (χ4v) is 4.23. The minimum atomic E-state index is -0.424. The third kappa shape index (κ3) is 3.65. The number of benzene rings is 1. The summed E-state index contributed by atoms with van der Waals surface area (Å²) in [5.74, 6) is -0.645. The molecule has 0 saturated carbocycles. The molecule has 128 valence electrons. The summed E-state index contributed by atoms with van der Waals surface area (Å²) in [6.07, 6.45) is 0. The number of ether oxygens (including phenoxy) is 1. The van der Waals surface area contributed by atoms with Gasteiger partial charge in [-0.05, 0) is 30.9 Å². The van der Waals surface area contributed by atoms with E-state index in [2.05, 4.69) is 5.32 Å². The van der Waals surface area contributed by atoms with Crippen LogP contribution in [0.4, 0.5) is 5.00 Å². The van der Waals surface area contributed by atoms with Crippen LogP contribution in [0.5, 0.6) is 0 Å². The van der Waals surface area contributed by atoms with Gasteiger partial charge in [-0.15, -0.1) is 22.7 Å². The van der Waals surface area contributed by atoms with Gasteiger partial charge in [-0.2, -0.15) is 0 Å². The van der Waals surface area contributed by atoms with Crippen molar-refractivity contribution in [3.8, 4) is 11.1 Å². The molecule has 0 aliphatic heterocycles. The highest BCUT2D eigenvalue weighted by atomic mass is 32.1. The lowest BCUT2D eigenvalue weighted by Gasteiger charge is -2.08. The van der Waals surface area contributed by atoms with Crippen molar-refractivity contribution < 1.29 is 14.3 Å². The van der Waals surface area contributed by atoms with E-state index in [4.69, 9.17) is 4.74 Å². The van der Waals surface area contributed by atoms with Gasteiger partial charge in [0.05, 0.1) is 11.5 Å². The molecule has 3 aromatic rings. The largest absolute Gasteiger partial charge is 0.462 e. The van der Waals surface area contributed by atoms with Crippen molar-refractivity contribution in [2.75, 3.05) is 11.9 Å². The summed E-state index contributed by atoms with van der Waals surface area (Å²) in [5.41, 5.74) is 2.15. The van der Waals surface area contributed by atoms with Crippen LogP contribution in [-0.4, -0.2) is 18.5 Å². The normalized spacial score (nSPS) is 10.5. The Kier molecular flexibility index (Phi) is 5.31. The van der Waals surface area contributed by atoms with Gasteiger partial charge in [-0.25, -0.2) is 4.79 Å². The van der Waals surface area contributed by atoms with Gasteiger partial charge in [-0.3, -0.25) is 4.79 Å². The summed E-state index contributed by atoms with van der Waals surface area (Å²) in [4.78, 5) is 26.5. The topological polar surface area (TPSA) is 55.4 Å². The number of amides is 1. The molecule has 6 heteroatoms. The Balaban J connectivity index is 2.06. The predicted octanol–water partition coefficient (Wildman–Crippen LogP) is 5.21. The van der Waals surface area contributed by atoms with E-state index in [1.807, 2.05) is 48.7 Å². The molecule has 0 unspecified atom stereocenters. The van der Waals surface area contributed by atoms with Crippen molar-refractivity contribution in [1.29, 1.82) is 0 Å². The zero-order chi connectivity index (χ0) is 17.8. The Hall–Kier alpha value is -2.44. The van der Waals surface area contributed by atoms with Crippen LogP contribution >= 0.6 is 22.7 Å². The molecule has 1 amide bonds. The van der Waals surface area contributed by atoms with Gasteiger partial charge in [0.25, 0.3) is 5.91 Å². The first kappa shape index (κ1) is 17.4. The number of rotatable bonds is 5.